The molecule has 2 heteroatoms. The molecule has 0 unspecified atom stereocenters. The monoisotopic (exact) mass is 216 g/mol. The highest BCUT2D eigenvalue weighted by Crippen LogP contribution is 2.28. The Balaban J connectivity index is 2.02. The van der Waals surface area contributed by atoms with Gasteiger partial charge in [-0.1, -0.05) is 30.3 Å². The van der Waals surface area contributed by atoms with Gasteiger partial charge in [0, 0.05) is 25.7 Å². The highest BCUT2D eigenvalue weighted by atomic mass is 15.2. The second-order valence-electron chi connectivity index (χ2n) is 4.47. The Hall–Kier alpha value is -1.12. The lowest BCUT2D eigenvalue weighted by atomic mass is 10.1. The van der Waals surface area contributed by atoms with E-state index in [0.29, 0.717) is 6.54 Å². The maximum Gasteiger partial charge on any atom is 0.0240 e. The van der Waals surface area contributed by atoms with E-state index in [2.05, 4.69) is 35.7 Å². The van der Waals surface area contributed by atoms with Crippen molar-refractivity contribution in [2.45, 2.75) is 32.0 Å². The summed E-state index contributed by atoms with van der Waals surface area (Å²) in [5.74, 6) is 0. The van der Waals surface area contributed by atoms with Crippen molar-refractivity contribution < 1.29 is 0 Å². The SMILES string of the molecule is C=CCN(Cc1cccc(CN)c1)C1CC1. The van der Waals surface area contributed by atoms with Gasteiger partial charge in [-0.2, -0.15) is 0 Å². The molecule has 0 amide bonds. The van der Waals surface area contributed by atoms with Crippen molar-refractivity contribution in [3.8, 4) is 0 Å². The molecule has 1 aromatic carbocycles. The zero-order valence-corrected chi connectivity index (χ0v) is 9.73. The maximum atomic E-state index is 5.65. The summed E-state index contributed by atoms with van der Waals surface area (Å²) in [6.07, 6.45) is 4.67. The Labute approximate surface area is 97.8 Å². The molecular weight excluding hydrogens is 196 g/mol. The normalized spacial score (nSPS) is 15.4. The molecule has 86 valence electrons. The van der Waals surface area contributed by atoms with Crippen molar-refractivity contribution in [2.24, 2.45) is 5.73 Å². The second kappa shape index (κ2) is 5.28. The molecule has 0 bridgehead atoms. The fraction of sp³-hybridized carbons (Fsp3) is 0.429. The van der Waals surface area contributed by atoms with Crippen molar-refractivity contribution >= 4 is 0 Å². The van der Waals surface area contributed by atoms with Crippen molar-refractivity contribution in [1.82, 2.24) is 4.90 Å². The van der Waals surface area contributed by atoms with E-state index in [4.69, 9.17) is 5.73 Å². The molecule has 1 saturated carbocycles. The van der Waals surface area contributed by atoms with Crippen LogP contribution < -0.4 is 5.73 Å². The first kappa shape index (κ1) is 11.4. The molecule has 0 radical (unpaired) electrons. The van der Waals surface area contributed by atoms with Crippen LogP contribution in [0, 0.1) is 0 Å². The molecule has 0 heterocycles. The van der Waals surface area contributed by atoms with Gasteiger partial charge in [0.15, 0.2) is 0 Å². The number of nitrogens with zero attached hydrogens (tertiary/aromatic N) is 1. The summed E-state index contributed by atoms with van der Waals surface area (Å²) in [4.78, 5) is 2.49. The summed E-state index contributed by atoms with van der Waals surface area (Å²) >= 11 is 0. The Kier molecular flexibility index (Phi) is 3.75. The summed E-state index contributed by atoms with van der Waals surface area (Å²) in [5.41, 5.74) is 8.22. The van der Waals surface area contributed by atoms with Crippen molar-refractivity contribution in [1.29, 1.82) is 0 Å². The fourth-order valence-corrected chi connectivity index (χ4v) is 2.04. The largest absolute Gasteiger partial charge is 0.326 e. The minimum Gasteiger partial charge on any atom is -0.326 e. The van der Waals surface area contributed by atoms with Gasteiger partial charge in [-0.15, -0.1) is 6.58 Å². The van der Waals surface area contributed by atoms with Gasteiger partial charge in [-0.3, -0.25) is 4.90 Å². The van der Waals surface area contributed by atoms with Crippen molar-refractivity contribution in [3.63, 3.8) is 0 Å². The average molecular weight is 216 g/mol. The Morgan fingerprint density at radius 3 is 2.75 bits per heavy atom. The van der Waals surface area contributed by atoms with Gasteiger partial charge in [-0.05, 0) is 24.0 Å². The third kappa shape index (κ3) is 2.94. The van der Waals surface area contributed by atoms with Gasteiger partial charge < -0.3 is 5.73 Å². The van der Waals surface area contributed by atoms with Crippen molar-refractivity contribution in [3.05, 3.63) is 48.0 Å². The van der Waals surface area contributed by atoms with Crippen LogP contribution in [-0.4, -0.2) is 17.5 Å². The van der Waals surface area contributed by atoms with Crippen LogP contribution in [0.4, 0.5) is 0 Å². The second-order valence-corrected chi connectivity index (χ2v) is 4.47. The summed E-state index contributed by atoms with van der Waals surface area (Å²) in [5, 5.41) is 0. The first-order chi connectivity index (χ1) is 7.83. The van der Waals surface area contributed by atoms with E-state index in [1.165, 1.54) is 24.0 Å². The van der Waals surface area contributed by atoms with Gasteiger partial charge in [0.25, 0.3) is 0 Å². The molecule has 0 saturated heterocycles. The molecule has 2 nitrogen and oxygen atoms in total. The first-order valence-corrected chi connectivity index (χ1v) is 5.96. The summed E-state index contributed by atoms with van der Waals surface area (Å²) in [7, 11) is 0. The van der Waals surface area contributed by atoms with Crippen LogP contribution in [0.1, 0.15) is 24.0 Å². The quantitative estimate of drug-likeness (QED) is 0.739. The van der Waals surface area contributed by atoms with E-state index in [9.17, 15) is 0 Å². The molecule has 0 atom stereocenters. The molecule has 1 aromatic rings. The smallest absolute Gasteiger partial charge is 0.0240 e. The van der Waals surface area contributed by atoms with Gasteiger partial charge in [0.1, 0.15) is 0 Å². The predicted molar refractivity (Wildman–Crippen MR) is 68.0 cm³/mol. The zero-order valence-electron chi connectivity index (χ0n) is 9.73. The molecule has 2 rings (SSSR count). The molecule has 1 aliphatic rings. The van der Waals surface area contributed by atoms with E-state index in [0.717, 1.165) is 19.1 Å². The van der Waals surface area contributed by atoms with E-state index >= 15 is 0 Å². The minimum atomic E-state index is 0.624. The number of rotatable bonds is 6. The standard InChI is InChI=1S/C14H20N2/c1-2-8-16(14-6-7-14)11-13-5-3-4-12(9-13)10-15/h2-5,9,14H,1,6-8,10-11,15H2. The lowest BCUT2D eigenvalue weighted by Gasteiger charge is -2.20. The number of hydrogen-bond acceptors (Lipinski definition) is 2. The van der Waals surface area contributed by atoms with Gasteiger partial charge >= 0.3 is 0 Å². The van der Waals surface area contributed by atoms with Crippen LogP contribution in [0.3, 0.4) is 0 Å². The van der Waals surface area contributed by atoms with Crippen LogP contribution in [0.15, 0.2) is 36.9 Å². The number of benzene rings is 1. The molecule has 0 aromatic heterocycles. The van der Waals surface area contributed by atoms with Crippen molar-refractivity contribution in [2.75, 3.05) is 6.54 Å². The Morgan fingerprint density at radius 1 is 1.38 bits per heavy atom. The minimum absolute atomic E-state index is 0.624. The Morgan fingerprint density at radius 2 is 2.12 bits per heavy atom. The van der Waals surface area contributed by atoms with E-state index in [1.54, 1.807) is 0 Å². The van der Waals surface area contributed by atoms with Crippen LogP contribution in [0.5, 0.6) is 0 Å². The molecular formula is C14H20N2. The predicted octanol–water partition coefficient (Wildman–Crippen LogP) is 2.30. The molecule has 1 fully saturated rings. The topological polar surface area (TPSA) is 29.3 Å². The molecule has 16 heavy (non-hydrogen) atoms. The van der Waals surface area contributed by atoms with Gasteiger partial charge in [0.2, 0.25) is 0 Å². The summed E-state index contributed by atoms with van der Waals surface area (Å²) < 4.78 is 0. The Bertz CT molecular complexity index is 356. The molecule has 2 N–H and O–H groups in total. The lowest BCUT2D eigenvalue weighted by Crippen LogP contribution is -2.25. The third-order valence-electron chi connectivity index (χ3n) is 3.04. The average Bonchev–Trinajstić information content (AvgIpc) is 3.13. The van der Waals surface area contributed by atoms with Gasteiger partial charge in [0.05, 0.1) is 0 Å². The molecule has 0 aliphatic heterocycles. The molecule has 1 aliphatic carbocycles. The number of hydrogen-bond donors (Lipinski definition) is 1. The third-order valence-corrected chi connectivity index (χ3v) is 3.04. The maximum absolute atomic E-state index is 5.65. The zero-order chi connectivity index (χ0) is 11.4. The summed E-state index contributed by atoms with van der Waals surface area (Å²) in [6, 6.07) is 9.34. The summed E-state index contributed by atoms with van der Waals surface area (Å²) in [6.45, 7) is 6.45. The van der Waals surface area contributed by atoms with E-state index in [1.807, 2.05) is 6.08 Å². The van der Waals surface area contributed by atoms with Crippen LogP contribution in [0.25, 0.3) is 0 Å². The lowest BCUT2D eigenvalue weighted by molar-refractivity contribution is 0.284. The number of nitrogens with two attached hydrogens (primary N) is 1. The van der Waals surface area contributed by atoms with E-state index in [-0.39, 0.29) is 0 Å². The highest BCUT2D eigenvalue weighted by molar-refractivity contribution is 5.23. The first-order valence-electron chi connectivity index (χ1n) is 5.96. The fourth-order valence-electron chi connectivity index (χ4n) is 2.04. The highest BCUT2D eigenvalue weighted by Gasteiger charge is 2.27. The van der Waals surface area contributed by atoms with Crippen LogP contribution >= 0.6 is 0 Å². The van der Waals surface area contributed by atoms with Gasteiger partial charge in [-0.25, -0.2) is 0 Å². The molecule has 0 spiro atoms. The van der Waals surface area contributed by atoms with Crippen LogP contribution in [0.2, 0.25) is 0 Å². The van der Waals surface area contributed by atoms with Crippen LogP contribution in [-0.2, 0) is 13.1 Å². The van der Waals surface area contributed by atoms with E-state index < -0.39 is 0 Å².